The lowest BCUT2D eigenvalue weighted by molar-refractivity contribution is -0.145. The summed E-state index contributed by atoms with van der Waals surface area (Å²) in [6.45, 7) is 4.23. The van der Waals surface area contributed by atoms with Gasteiger partial charge in [0.2, 0.25) is 0 Å². The third-order valence-electron chi connectivity index (χ3n) is 2.72. The van der Waals surface area contributed by atoms with Crippen molar-refractivity contribution in [2.75, 3.05) is 26.3 Å². The van der Waals surface area contributed by atoms with Crippen LogP contribution in [0.25, 0.3) is 0 Å². The van der Waals surface area contributed by atoms with Crippen molar-refractivity contribution in [2.45, 2.75) is 20.3 Å². The van der Waals surface area contributed by atoms with Crippen LogP contribution in [0.5, 0.6) is 11.5 Å². The molecule has 1 aromatic rings. The zero-order valence-corrected chi connectivity index (χ0v) is 12.4. The minimum absolute atomic E-state index is 0.184. The van der Waals surface area contributed by atoms with Gasteiger partial charge in [0.15, 0.2) is 6.61 Å². The van der Waals surface area contributed by atoms with Crippen LogP contribution in [0.1, 0.15) is 20.3 Å². The van der Waals surface area contributed by atoms with Crippen LogP contribution in [0.15, 0.2) is 24.3 Å². The van der Waals surface area contributed by atoms with Gasteiger partial charge >= 0.3 is 5.97 Å². The van der Waals surface area contributed by atoms with Gasteiger partial charge in [0, 0.05) is 6.54 Å². The van der Waals surface area contributed by atoms with Gasteiger partial charge in [-0.15, -0.1) is 0 Å². The van der Waals surface area contributed by atoms with E-state index >= 15 is 0 Å². The Hall–Kier alpha value is -2.24. The first-order valence-corrected chi connectivity index (χ1v) is 6.92. The molecule has 0 fully saturated rings. The molecule has 0 atom stereocenters. The molecule has 0 unspecified atom stereocenters. The highest BCUT2D eigenvalue weighted by atomic mass is 16.5. The van der Waals surface area contributed by atoms with E-state index in [4.69, 9.17) is 14.6 Å². The van der Waals surface area contributed by atoms with Crippen molar-refractivity contribution in [3.8, 4) is 11.5 Å². The van der Waals surface area contributed by atoms with Gasteiger partial charge in [0.1, 0.15) is 18.0 Å². The molecule has 6 nitrogen and oxygen atoms in total. The van der Waals surface area contributed by atoms with Crippen LogP contribution in [0, 0.1) is 0 Å². The molecular formula is C15H21NO5. The minimum Gasteiger partial charge on any atom is -0.494 e. The topological polar surface area (TPSA) is 76.1 Å². The highest BCUT2D eigenvalue weighted by Crippen LogP contribution is 2.17. The Kier molecular flexibility index (Phi) is 7.08. The normalized spacial score (nSPS) is 10.0. The number of hydrogen-bond acceptors (Lipinski definition) is 4. The molecule has 0 aliphatic rings. The molecule has 1 N–H and O–H groups in total. The van der Waals surface area contributed by atoms with Gasteiger partial charge in [0.05, 0.1) is 6.61 Å². The predicted octanol–water partition coefficient (Wildman–Crippen LogP) is 1.79. The maximum atomic E-state index is 11.8. The summed E-state index contributed by atoms with van der Waals surface area (Å²) in [5.41, 5.74) is 0. The van der Waals surface area contributed by atoms with Gasteiger partial charge in [0.25, 0.3) is 5.91 Å². The molecule has 0 heterocycles. The molecule has 0 spiro atoms. The Balaban J connectivity index is 2.46. The van der Waals surface area contributed by atoms with E-state index in [1.165, 1.54) is 4.90 Å². The fourth-order valence-corrected chi connectivity index (χ4v) is 1.63. The maximum Gasteiger partial charge on any atom is 0.323 e. The molecular weight excluding hydrogens is 274 g/mol. The summed E-state index contributed by atoms with van der Waals surface area (Å²) >= 11 is 0. The molecule has 1 rings (SSSR count). The summed E-state index contributed by atoms with van der Waals surface area (Å²) < 4.78 is 10.8. The Morgan fingerprint density at radius 1 is 1.10 bits per heavy atom. The standard InChI is InChI=1S/C15H21NO5/c1-3-9-20-12-5-7-13(8-6-12)21-11-14(17)16(4-2)10-15(18)19/h5-8H,3-4,9-11H2,1-2H3,(H,18,19). The summed E-state index contributed by atoms with van der Waals surface area (Å²) in [4.78, 5) is 23.7. The Morgan fingerprint density at radius 2 is 1.67 bits per heavy atom. The number of carbonyl (C=O) groups excluding carboxylic acids is 1. The molecule has 0 saturated heterocycles. The fourth-order valence-electron chi connectivity index (χ4n) is 1.63. The summed E-state index contributed by atoms with van der Waals surface area (Å²) in [7, 11) is 0. The van der Waals surface area contributed by atoms with Crippen LogP contribution in [0.3, 0.4) is 0 Å². The quantitative estimate of drug-likeness (QED) is 0.751. The number of hydrogen-bond donors (Lipinski definition) is 1. The van der Waals surface area contributed by atoms with Crippen molar-refractivity contribution in [1.82, 2.24) is 4.90 Å². The Labute approximate surface area is 124 Å². The van der Waals surface area contributed by atoms with E-state index in [1.807, 2.05) is 6.92 Å². The third kappa shape index (κ3) is 6.16. The van der Waals surface area contributed by atoms with Gasteiger partial charge in [-0.25, -0.2) is 0 Å². The van der Waals surface area contributed by atoms with Crippen molar-refractivity contribution in [3.05, 3.63) is 24.3 Å². The van der Waals surface area contributed by atoms with Crippen LogP contribution in [0.4, 0.5) is 0 Å². The Morgan fingerprint density at radius 3 is 2.14 bits per heavy atom. The van der Waals surface area contributed by atoms with Crippen LogP contribution in [-0.4, -0.2) is 48.2 Å². The van der Waals surface area contributed by atoms with E-state index in [-0.39, 0.29) is 19.1 Å². The number of rotatable bonds is 9. The number of amides is 1. The second-order valence-corrected chi connectivity index (χ2v) is 4.41. The number of nitrogens with zero attached hydrogens (tertiary/aromatic N) is 1. The highest BCUT2D eigenvalue weighted by Gasteiger charge is 2.15. The van der Waals surface area contributed by atoms with E-state index in [0.717, 1.165) is 12.2 Å². The predicted molar refractivity (Wildman–Crippen MR) is 77.6 cm³/mol. The first-order chi connectivity index (χ1) is 10.1. The van der Waals surface area contributed by atoms with Gasteiger partial charge < -0.3 is 19.5 Å². The molecule has 0 aliphatic heterocycles. The molecule has 0 saturated carbocycles. The smallest absolute Gasteiger partial charge is 0.323 e. The number of carbonyl (C=O) groups is 2. The molecule has 0 bridgehead atoms. The average molecular weight is 295 g/mol. The SMILES string of the molecule is CCCOc1ccc(OCC(=O)N(CC)CC(=O)O)cc1. The van der Waals surface area contributed by atoms with Gasteiger partial charge in [-0.2, -0.15) is 0 Å². The first-order valence-electron chi connectivity index (χ1n) is 6.92. The maximum absolute atomic E-state index is 11.8. The second kappa shape index (κ2) is 8.84. The summed E-state index contributed by atoms with van der Waals surface area (Å²) in [5.74, 6) is -0.107. The van der Waals surface area contributed by atoms with E-state index < -0.39 is 5.97 Å². The molecule has 6 heteroatoms. The highest BCUT2D eigenvalue weighted by molar-refractivity contribution is 5.82. The van der Waals surface area contributed by atoms with Crippen molar-refractivity contribution in [2.24, 2.45) is 0 Å². The van der Waals surface area contributed by atoms with Crippen LogP contribution in [-0.2, 0) is 9.59 Å². The number of carboxylic acid groups (broad SMARTS) is 1. The van der Waals surface area contributed by atoms with E-state index in [1.54, 1.807) is 31.2 Å². The van der Waals surface area contributed by atoms with Crippen LogP contribution < -0.4 is 9.47 Å². The molecule has 116 valence electrons. The number of carboxylic acids is 1. The molecule has 0 aliphatic carbocycles. The zero-order valence-electron chi connectivity index (χ0n) is 12.4. The molecule has 0 aromatic heterocycles. The number of ether oxygens (including phenoxy) is 2. The fraction of sp³-hybridized carbons (Fsp3) is 0.467. The van der Waals surface area contributed by atoms with Gasteiger partial charge in [-0.1, -0.05) is 6.92 Å². The van der Waals surface area contributed by atoms with Crippen LogP contribution in [0.2, 0.25) is 0 Å². The largest absolute Gasteiger partial charge is 0.494 e. The molecule has 21 heavy (non-hydrogen) atoms. The lowest BCUT2D eigenvalue weighted by atomic mass is 10.3. The van der Waals surface area contributed by atoms with E-state index in [0.29, 0.717) is 18.9 Å². The second-order valence-electron chi connectivity index (χ2n) is 4.41. The number of benzene rings is 1. The summed E-state index contributed by atoms with van der Waals surface area (Å²) in [6.07, 6.45) is 0.934. The van der Waals surface area contributed by atoms with Gasteiger partial charge in [-0.3, -0.25) is 9.59 Å². The van der Waals surface area contributed by atoms with Crippen molar-refractivity contribution in [1.29, 1.82) is 0 Å². The van der Waals surface area contributed by atoms with Crippen molar-refractivity contribution < 1.29 is 24.2 Å². The molecule has 1 aromatic carbocycles. The van der Waals surface area contributed by atoms with E-state index in [9.17, 15) is 9.59 Å². The number of likely N-dealkylation sites (N-methyl/N-ethyl adjacent to an activating group) is 1. The third-order valence-corrected chi connectivity index (χ3v) is 2.72. The van der Waals surface area contributed by atoms with Gasteiger partial charge in [-0.05, 0) is 37.6 Å². The van der Waals surface area contributed by atoms with Crippen LogP contribution >= 0.6 is 0 Å². The van der Waals surface area contributed by atoms with E-state index in [2.05, 4.69) is 0 Å². The minimum atomic E-state index is -1.04. The summed E-state index contributed by atoms with van der Waals surface area (Å²) in [6, 6.07) is 6.96. The average Bonchev–Trinajstić information content (AvgIpc) is 2.49. The first kappa shape index (κ1) is 16.8. The Bertz CT molecular complexity index is 458. The van der Waals surface area contributed by atoms with Crippen molar-refractivity contribution >= 4 is 11.9 Å². The lowest BCUT2D eigenvalue weighted by Crippen LogP contribution is -2.38. The lowest BCUT2D eigenvalue weighted by Gasteiger charge is -2.18. The molecule has 0 radical (unpaired) electrons. The monoisotopic (exact) mass is 295 g/mol. The number of aliphatic carboxylic acids is 1. The zero-order chi connectivity index (χ0) is 15.7. The van der Waals surface area contributed by atoms with Crippen molar-refractivity contribution in [3.63, 3.8) is 0 Å². The molecule has 1 amide bonds. The summed E-state index contributed by atoms with van der Waals surface area (Å²) in [5, 5.41) is 8.70.